The van der Waals surface area contributed by atoms with Gasteiger partial charge in [0.25, 0.3) is 0 Å². The van der Waals surface area contributed by atoms with Gasteiger partial charge in [0.1, 0.15) is 0 Å². The number of hydrogen-bond acceptors (Lipinski definition) is 2. The molecule has 0 saturated carbocycles. The number of hydrogen-bond donors (Lipinski definition) is 1. The zero-order chi connectivity index (χ0) is 13.0. The van der Waals surface area contributed by atoms with Crippen molar-refractivity contribution in [3.05, 3.63) is 35.9 Å². The quantitative estimate of drug-likeness (QED) is 0.883. The Bertz CT molecular complexity index is 433. The van der Waals surface area contributed by atoms with Crippen LogP contribution >= 0.6 is 0 Å². The first kappa shape index (κ1) is 12.4. The molecule has 18 heavy (non-hydrogen) atoms. The fourth-order valence-corrected chi connectivity index (χ4v) is 1.94. The number of nitrogens with zero attached hydrogens (tertiary/aromatic N) is 2. The van der Waals surface area contributed by atoms with E-state index in [0.717, 1.165) is 5.56 Å². The second-order valence-electron chi connectivity index (χ2n) is 4.17. The second kappa shape index (κ2) is 5.53. The van der Waals surface area contributed by atoms with Gasteiger partial charge < -0.3 is 10.2 Å². The van der Waals surface area contributed by atoms with Crippen LogP contribution < -0.4 is 5.32 Å². The molecular formula is C13H17N3O2. The molecule has 0 spiro atoms. The first-order chi connectivity index (χ1) is 8.72. The summed E-state index contributed by atoms with van der Waals surface area (Å²) in [4.78, 5) is 26.6. The molecule has 1 fully saturated rings. The molecule has 0 radical (unpaired) electrons. The molecule has 5 nitrogen and oxygen atoms in total. The molecule has 1 aliphatic rings. The molecule has 4 amide bonds. The summed E-state index contributed by atoms with van der Waals surface area (Å²) >= 11 is 0. The van der Waals surface area contributed by atoms with Crippen molar-refractivity contribution >= 4 is 12.1 Å². The van der Waals surface area contributed by atoms with Gasteiger partial charge in [-0.05, 0) is 12.5 Å². The molecule has 5 heteroatoms. The molecule has 0 atom stereocenters. The Kier molecular flexibility index (Phi) is 3.82. The molecule has 96 valence electrons. The van der Waals surface area contributed by atoms with E-state index >= 15 is 0 Å². The van der Waals surface area contributed by atoms with Crippen LogP contribution in [0.5, 0.6) is 0 Å². The van der Waals surface area contributed by atoms with Gasteiger partial charge in [0, 0.05) is 26.2 Å². The van der Waals surface area contributed by atoms with E-state index in [1.807, 2.05) is 37.3 Å². The van der Waals surface area contributed by atoms with Crippen LogP contribution in [0.1, 0.15) is 12.5 Å². The predicted molar refractivity (Wildman–Crippen MR) is 68.0 cm³/mol. The van der Waals surface area contributed by atoms with Crippen LogP contribution in [0.15, 0.2) is 30.3 Å². The van der Waals surface area contributed by atoms with E-state index in [9.17, 15) is 9.59 Å². The zero-order valence-corrected chi connectivity index (χ0v) is 10.4. The number of amides is 4. The van der Waals surface area contributed by atoms with Crippen molar-refractivity contribution in [1.29, 1.82) is 0 Å². The van der Waals surface area contributed by atoms with Crippen molar-refractivity contribution < 1.29 is 9.59 Å². The summed E-state index contributed by atoms with van der Waals surface area (Å²) in [6.45, 7) is 4.00. The van der Waals surface area contributed by atoms with Gasteiger partial charge in [-0.2, -0.15) is 0 Å². The van der Waals surface area contributed by atoms with Crippen molar-refractivity contribution in [1.82, 2.24) is 15.1 Å². The monoisotopic (exact) mass is 247 g/mol. The van der Waals surface area contributed by atoms with E-state index in [1.54, 1.807) is 4.90 Å². The maximum Gasteiger partial charge on any atom is 0.328 e. The SMILES string of the molecule is CCN(Cc1ccccc1)C(=O)N1CCNC1=O. The molecule has 1 heterocycles. The highest BCUT2D eigenvalue weighted by Gasteiger charge is 2.29. The Morgan fingerprint density at radius 2 is 2.11 bits per heavy atom. The van der Waals surface area contributed by atoms with Gasteiger partial charge in [-0.1, -0.05) is 30.3 Å². The Balaban J connectivity index is 2.04. The minimum atomic E-state index is -0.300. The Hall–Kier alpha value is -2.04. The minimum Gasteiger partial charge on any atom is -0.336 e. The van der Waals surface area contributed by atoms with Crippen LogP contribution in [0.3, 0.4) is 0 Å². The highest BCUT2D eigenvalue weighted by molar-refractivity contribution is 5.94. The van der Waals surface area contributed by atoms with E-state index in [0.29, 0.717) is 26.2 Å². The molecule has 1 aromatic carbocycles. The lowest BCUT2D eigenvalue weighted by atomic mass is 10.2. The van der Waals surface area contributed by atoms with E-state index in [4.69, 9.17) is 0 Å². The van der Waals surface area contributed by atoms with Gasteiger partial charge >= 0.3 is 12.1 Å². The van der Waals surface area contributed by atoms with Crippen molar-refractivity contribution in [2.75, 3.05) is 19.6 Å². The van der Waals surface area contributed by atoms with Gasteiger partial charge in [-0.15, -0.1) is 0 Å². The Morgan fingerprint density at radius 1 is 1.39 bits per heavy atom. The summed E-state index contributed by atoms with van der Waals surface area (Å²) in [7, 11) is 0. The third-order valence-electron chi connectivity index (χ3n) is 2.96. The molecule has 0 aromatic heterocycles. The van der Waals surface area contributed by atoms with Gasteiger partial charge in [0.15, 0.2) is 0 Å². The minimum absolute atomic E-state index is 0.226. The van der Waals surface area contributed by atoms with Crippen molar-refractivity contribution in [3.63, 3.8) is 0 Å². The van der Waals surface area contributed by atoms with Crippen LogP contribution in [-0.2, 0) is 6.54 Å². The van der Waals surface area contributed by atoms with Crippen molar-refractivity contribution in [2.24, 2.45) is 0 Å². The van der Waals surface area contributed by atoms with E-state index < -0.39 is 0 Å². The Morgan fingerprint density at radius 3 is 2.67 bits per heavy atom. The first-order valence-electron chi connectivity index (χ1n) is 6.10. The molecule has 1 aromatic rings. The lowest BCUT2D eigenvalue weighted by Gasteiger charge is -2.25. The number of carbonyl (C=O) groups excluding carboxylic acids is 2. The van der Waals surface area contributed by atoms with E-state index in [-0.39, 0.29) is 12.1 Å². The highest BCUT2D eigenvalue weighted by atomic mass is 16.2. The van der Waals surface area contributed by atoms with Gasteiger partial charge in [-0.3, -0.25) is 0 Å². The van der Waals surface area contributed by atoms with Gasteiger partial charge in [0.05, 0.1) is 0 Å². The van der Waals surface area contributed by atoms with E-state index in [1.165, 1.54) is 4.90 Å². The number of urea groups is 2. The summed E-state index contributed by atoms with van der Waals surface area (Å²) in [6, 6.07) is 9.24. The molecule has 0 unspecified atom stereocenters. The lowest BCUT2D eigenvalue weighted by molar-refractivity contribution is 0.163. The lowest BCUT2D eigenvalue weighted by Crippen LogP contribution is -2.44. The van der Waals surface area contributed by atoms with Gasteiger partial charge in [0.2, 0.25) is 0 Å². The van der Waals surface area contributed by atoms with E-state index in [2.05, 4.69) is 5.32 Å². The average molecular weight is 247 g/mol. The largest absolute Gasteiger partial charge is 0.336 e. The fraction of sp³-hybridized carbons (Fsp3) is 0.385. The topological polar surface area (TPSA) is 52.7 Å². The van der Waals surface area contributed by atoms with Crippen molar-refractivity contribution in [2.45, 2.75) is 13.5 Å². The maximum absolute atomic E-state index is 12.2. The fourth-order valence-electron chi connectivity index (χ4n) is 1.94. The molecule has 1 N–H and O–H groups in total. The van der Waals surface area contributed by atoms with Crippen LogP contribution in [0.4, 0.5) is 9.59 Å². The smallest absolute Gasteiger partial charge is 0.328 e. The summed E-state index contributed by atoms with van der Waals surface area (Å²) in [6.07, 6.45) is 0. The molecule has 1 aliphatic heterocycles. The third-order valence-corrected chi connectivity index (χ3v) is 2.96. The maximum atomic E-state index is 12.2. The highest BCUT2D eigenvalue weighted by Crippen LogP contribution is 2.09. The number of nitrogens with one attached hydrogen (secondary N) is 1. The first-order valence-corrected chi connectivity index (χ1v) is 6.10. The zero-order valence-electron chi connectivity index (χ0n) is 10.4. The molecule has 2 rings (SSSR count). The summed E-state index contributed by atoms with van der Waals surface area (Å²) in [5.74, 6) is 0. The van der Waals surface area contributed by atoms with Crippen LogP contribution in [0.25, 0.3) is 0 Å². The second-order valence-corrected chi connectivity index (χ2v) is 4.17. The molecular weight excluding hydrogens is 230 g/mol. The third kappa shape index (κ3) is 2.61. The number of rotatable bonds is 3. The van der Waals surface area contributed by atoms with Gasteiger partial charge in [-0.25, -0.2) is 14.5 Å². The normalized spacial score (nSPS) is 14.5. The molecule has 0 aliphatic carbocycles. The average Bonchev–Trinajstić information content (AvgIpc) is 2.82. The summed E-state index contributed by atoms with van der Waals surface area (Å²) < 4.78 is 0. The predicted octanol–water partition coefficient (Wildman–Crippen LogP) is 1.65. The number of imide groups is 1. The summed E-state index contributed by atoms with van der Waals surface area (Å²) in [5.41, 5.74) is 1.06. The number of carbonyl (C=O) groups is 2. The van der Waals surface area contributed by atoms with Crippen LogP contribution in [-0.4, -0.2) is 41.5 Å². The standard InChI is InChI=1S/C13H17N3O2/c1-2-15(10-11-6-4-3-5-7-11)13(18)16-9-8-14-12(16)17/h3-7H,2,8-10H2,1H3,(H,14,17). The van der Waals surface area contributed by atoms with Crippen LogP contribution in [0, 0.1) is 0 Å². The van der Waals surface area contributed by atoms with Crippen molar-refractivity contribution in [3.8, 4) is 0 Å². The Labute approximate surface area is 106 Å². The molecule has 0 bridgehead atoms. The summed E-state index contributed by atoms with van der Waals surface area (Å²) in [5, 5.41) is 2.63. The molecule has 1 saturated heterocycles. The van der Waals surface area contributed by atoms with Crippen LogP contribution in [0.2, 0.25) is 0 Å². The number of benzene rings is 1.